The molecule has 0 aliphatic heterocycles. The van der Waals surface area contributed by atoms with E-state index in [-0.39, 0.29) is 5.62 Å². The Bertz CT molecular complexity index is 857. The maximum atomic E-state index is 10.5. The lowest BCUT2D eigenvalue weighted by Crippen LogP contribution is -2.24. The minimum atomic E-state index is 0.283. The van der Waals surface area contributed by atoms with Gasteiger partial charge in [0.2, 0.25) is 0 Å². The summed E-state index contributed by atoms with van der Waals surface area (Å²) in [7, 11) is 0. The van der Waals surface area contributed by atoms with E-state index in [1.54, 1.807) is 12.1 Å². The molecule has 4 nitrogen and oxygen atoms in total. The summed E-state index contributed by atoms with van der Waals surface area (Å²) in [5.41, 5.74) is 2.54. The predicted octanol–water partition coefficient (Wildman–Crippen LogP) is 3.51. The number of benzene rings is 2. The maximum Gasteiger partial charge on any atom is 0.259 e. The molecule has 21 heavy (non-hydrogen) atoms. The molecule has 0 unspecified atom stereocenters. The van der Waals surface area contributed by atoms with Gasteiger partial charge in [-0.25, -0.2) is 9.98 Å². The first kappa shape index (κ1) is 13.6. The Morgan fingerprint density at radius 2 is 1.95 bits per heavy atom. The quantitative estimate of drug-likeness (QED) is 0.736. The molecule has 1 N–H and O–H groups in total. The van der Waals surface area contributed by atoms with E-state index < -0.39 is 0 Å². The first-order valence-electron chi connectivity index (χ1n) is 6.68. The van der Waals surface area contributed by atoms with Crippen LogP contribution in [0.4, 0.5) is 0 Å². The summed E-state index contributed by atoms with van der Waals surface area (Å²) in [6.45, 7) is 2.44. The summed E-state index contributed by atoms with van der Waals surface area (Å²) in [6, 6.07) is 15.0. The number of halogens is 1. The fourth-order valence-electron chi connectivity index (χ4n) is 2.28. The standard InChI is InChI=1S/C16H14ClN3O/c1-2-18-16-19-14-9-8-12(17)10-13(14)15(20(16)21)11-6-4-3-5-7-11/h3-10,21H,2H2,1H3. The Kier molecular flexibility index (Phi) is 3.62. The smallest absolute Gasteiger partial charge is 0.259 e. The second kappa shape index (κ2) is 5.58. The van der Waals surface area contributed by atoms with E-state index in [2.05, 4.69) is 9.98 Å². The van der Waals surface area contributed by atoms with E-state index in [1.165, 1.54) is 0 Å². The molecule has 0 atom stereocenters. The maximum absolute atomic E-state index is 10.5. The van der Waals surface area contributed by atoms with E-state index in [0.717, 1.165) is 21.2 Å². The van der Waals surface area contributed by atoms with Gasteiger partial charge >= 0.3 is 0 Å². The summed E-state index contributed by atoms with van der Waals surface area (Å²) < 4.78 is 1.03. The van der Waals surface area contributed by atoms with Gasteiger partial charge in [0.25, 0.3) is 5.62 Å². The van der Waals surface area contributed by atoms with Crippen LogP contribution < -0.4 is 5.62 Å². The molecule has 0 fully saturated rings. The number of rotatable bonds is 2. The van der Waals surface area contributed by atoms with Crippen LogP contribution in [0, 0.1) is 0 Å². The molecule has 106 valence electrons. The van der Waals surface area contributed by atoms with Crippen LogP contribution in [0.5, 0.6) is 0 Å². The highest BCUT2D eigenvalue weighted by molar-refractivity contribution is 6.31. The van der Waals surface area contributed by atoms with Crippen LogP contribution in [0.15, 0.2) is 53.5 Å². The van der Waals surface area contributed by atoms with E-state index >= 15 is 0 Å². The molecule has 0 aliphatic rings. The van der Waals surface area contributed by atoms with Crippen LogP contribution in [-0.4, -0.2) is 21.5 Å². The van der Waals surface area contributed by atoms with Crippen molar-refractivity contribution < 1.29 is 5.21 Å². The van der Waals surface area contributed by atoms with E-state index in [0.29, 0.717) is 17.3 Å². The highest BCUT2D eigenvalue weighted by Gasteiger charge is 2.12. The fraction of sp³-hybridized carbons (Fsp3) is 0.125. The van der Waals surface area contributed by atoms with Gasteiger partial charge in [-0.3, -0.25) is 0 Å². The number of fused-ring (bicyclic) bond motifs is 1. The normalized spacial score (nSPS) is 12.0. The molecule has 3 aromatic rings. The third-order valence-electron chi connectivity index (χ3n) is 3.18. The van der Waals surface area contributed by atoms with Crippen molar-refractivity contribution in [3.05, 3.63) is 59.2 Å². The van der Waals surface area contributed by atoms with Crippen molar-refractivity contribution in [1.82, 2.24) is 9.71 Å². The van der Waals surface area contributed by atoms with Crippen molar-refractivity contribution in [3.63, 3.8) is 0 Å². The van der Waals surface area contributed by atoms with Crippen molar-refractivity contribution in [2.45, 2.75) is 6.92 Å². The molecule has 2 aromatic carbocycles. The van der Waals surface area contributed by atoms with Gasteiger partial charge in [0.05, 0.1) is 5.52 Å². The van der Waals surface area contributed by atoms with Crippen molar-refractivity contribution in [1.29, 1.82) is 0 Å². The Hall–Kier alpha value is -2.33. The Morgan fingerprint density at radius 1 is 1.19 bits per heavy atom. The summed E-state index contributed by atoms with van der Waals surface area (Å²) in [4.78, 5) is 8.61. The van der Waals surface area contributed by atoms with Gasteiger partial charge < -0.3 is 5.21 Å². The van der Waals surface area contributed by atoms with Gasteiger partial charge in [-0.15, -0.1) is 4.73 Å². The molecule has 0 amide bonds. The number of nitrogens with zero attached hydrogens (tertiary/aromatic N) is 3. The molecular formula is C16H14ClN3O. The third-order valence-corrected chi connectivity index (χ3v) is 3.42. The van der Waals surface area contributed by atoms with Gasteiger partial charge in [-0.1, -0.05) is 41.9 Å². The minimum Gasteiger partial charge on any atom is -0.425 e. The molecule has 0 aliphatic carbocycles. The summed E-state index contributed by atoms with van der Waals surface area (Å²) in [5.74, 6) is 0. The van der Waals surface area contributed by atoms with Crippen LogP contribution in [0.1, 0.15) is 6.92 Å². The van der Waals surface area contributed by atoms with Gasteiger partial charge in [0.1, 0.15) is 5.69 Å². The molecule has 0 radical (unpaired) electrons. The number of aromatic nitrogens is 2. The molecular weight excluding hydrogens is 286 g/mol. The lowest BCUT2D eigenvalue weighted by molar-refractivity contribution is 0.173. The van der Waals surface area contributed by atoms with Gasteiger partial charge in [-0.05, 0) is 25.1 Å². The third kappa shape index (κ3) is 2.50. The zero-order chi connectivity index (χ0) is 14.8. The van der Waals surface area contributed by atoms with Crippen molar-refractivity contribution >= 4 is 22.5 Å². The van der Waals surface area contributed by atoms with Gasteiger partial charge in [0.15, 0.2) is 0 Å². The van der Waals surface area contributed by atoms with Crippen LogP contribution in [0.2, 0.25) is 5.02 Å². The fourth-order valence-corrected chi connectivity index (χ4v) is 2.45. The lowest BCUT2D eigenvalue weighted by atomic mass is 10.1. The van der Waals surface area contributed by atoms with Crippen LogP contribution in [-0.2, 0) is 0 Å². The first-order chi connectivity index (χ1) is 10.2. The zero-order valence-electron chi connectivity index (χ0n) is 11.5. The lowest BCUT2D eigenvalue weighted by Gasteiger charge is -2.11. The van der Waals surface area contributed by atoms with Crippen LogP contribution in [0.3, 0.4) is 0 Å². The Morgan fingerprint density at radius 3 is 2.67 bits per heavy atom. The van der Waals surface area contributed by atoms with Crippen molar-refractivity contribution in [2.75, 3.05) is 6.54 Å². The molecule has 1 aromatic heterocycles. The van der Waals surface area contributed by atoms with E-state index in [4.69, 9.17) is 11.6 Å². The molecule has 0 bridgehead atoms. The molecule has 3 rings (SSSR count). The molecule has 0 saturated heterocycles. The zero-order valence-corrected chi connectivity index (χ0v) is 12.2. The topological polar surface area (TPSA) is 50.4 Å². The Labute approximate surface area is 126 Å². The van der Waals surface area contributed by atoms with Gasteiger partial charge in [0, 0.05) is 22.5 Å². The summed E-state index contributed by atoms with van der Waals surface area (Å²) >= 11 is 6.09. The molecule has 1 heterocycles. The predicted molar refractivity (Wildman–Crippen MR) is 83.5 cm³/mol. The second-order valence-electron chi connectivity index (χ2n) is 4.57. The SMILES string of the molecule is CCN=c1nc2ccc(Cl)cc2c(-c2ccccc2)n1O. The minimum absolute atomic E-state index is 0.283. The summed E-state index contributed by atoms with van der Waals surface area (Å²) in [5, 5.41) is 11.9. The second-order valence-corrected chi connectivity index (χ2v) is 5.01. The summed E-state index contributed by atoms with van der Waals surface area (Å²) in [6.07, 6.45) is 0. The van der Waals surface area contributed by atoms with E-state index in [1.807, 2.05) is 43.3 Å². The van der Waals surface area contributed by atoms with Crippen LogP contribution >= 0.6 is 11.6 Å². The van der Waals surface area contributed by atoms with Crippen molar-refractivity contribution in [3.8, 4) is 11.3 Å². The first-order valence-corrected chi connectivity index (χ1v) is 7.06. The van der Waals surface area contributed by atoms with Gasteiger partial charge in [-0.2, -0.15) is 0 Å². The highest BCUT2D eigenvalue weighted by atomic mass is 35.5. The van der Waals surface area contributed by atoms with Crippen LogP contribution in [0.25, 0.3) is 22.2 Å². The highest BCUT2D eigenvalue weighted by Crippen LogP contribution is 2.27. The monoisotopic (exact) mass is 299 g/mol. The Balaban J connectivity index is 2.47. The van der Waals surface area contributed by atoms with E-state index in [9.17, 15) is 5.21 Å². The molecule has 0 saturated carbocycles. The largest absolute Gasteiger partial charge is 0.425 e. The average Bonchev–Trinajstić information content (AvgIpc) is 2.50. The average molecular weight is 300 g/mol. The number of hydrogen-bond donors (Lipinski definition) is 1. The number of hydrogen-bond acceptors (Lipinski definition) is 3. The van der Waals surface area contributed by atoms with Crippen molar-refractivity contribution in [2.24, 2.45) is 4.99 Å². The molecule has 5 heteroatoms. The molecule has 0 spiro atoms.